The van der Waals surface area contributed by atoms with Crippen molar-refractivity contribution >= 4 is 11.8 Å². The van der Waals surface area contributed by atoms with Gasteiger partial charge in [-0.1, -0.05) is 19.1 Å². The average molecular weight is 301 g/mol. The number of carboxylic acid groups (broad SMARTS) is 1. The van der Waals surface area contributed by atoms with E-state index >= 15 is 0 Å². The van der Waals surface area contributed by atoms with Crippen LogP contribution in [0.15, 0.2) is 30.3 Å². The smallest absolute Gasteiger partial charge is 0.354 e. The van der Waals surface area contributed by atoms with Crippen LogP contribution in [-0.2, 0) is 12.8 Å². The van der Waals surface area contributed by atoms with Crippen LogP contribution < -0.4 is 10.1 Å². The fourth-order valence-corrected chi connectivity index (χ4v) is 1.93. The Labute approximate surface area is 129 Å². The molecular formula is C16H19N3O3. The SMILES string of the molecule is CCc1ccc(OCCc2nc(NC)cc(C(=O)O)n2)cc1. The molecule has 0 aliphatic carbocycles. The topological polar surface area (TPSA) is 84.3 Å². The number of ether oxygens (including phenoxy) is 1. The predicted molar refractivity (Wildman–Crippen MR) is 83.6 cm³/mol. The van der Waals surface area contributed by atoms with E-state index in [1.54, 1.807) is 7.05 Å². The molecule has 2 aromatic rings. The third-order valence-corrected chi connectivity index (χ3v) is 3.17. The Morgan fingerprint density at radius 2 is 2.00 bits per heavy atom. The number of nitrogens with one attached hydrogen (secondary N) is 1. The quantitative estimate of drug-likeness (QED) is 0.817. The lowest BCUT2D eigenvalue weighted by Crippen LogP contribution is -2.11. The Bertz CT molecular complexity index is 642. The maximum atomic E-state index is 11.0. The number of carbonyl (C=O) groups is 1. The summed E-state index contributed by atoms with van der Waals surface area (Å²) in [5.74, 6) is 0.626. The lowest BCUT2D eigenvalue weighted by Gasteiger charge is -2.08. The van der Waals surface area contributed by atoms with Crippen LogP contribution in [0.25, 0.3) is 0 Å². The zero-order valence-electron chi connectivity index (χ0n) is 12.7. The summed E-state index contributed by atoms with van der Waals surface area (Å²) in [4.78, 5) is 19.3. The summed E-state index contributed by atoms with van der Waals surface area (Å²) >= 11 is 0. The van der Waals surface area contributed by atoms with Crippen molar-refractivity contribution in [1.29, 1.82) is 0 Å². The van der Waals surface area contributed by atoms with Gasteiger partial charge in [0.15, 0.2) is 5.69 Å². The molecule has 22 heavy (non-hydrogen) atoms. The summed E-state index contributed by atoms with van der Waals surface area (Å²) in [5.41, 5.74) is 1.23. The first-order valence-electron chi connectivity index (χ1n) is 7.13. The Hall–Kier alpha value is -2.63. The largest absolute Gasteiger partial charge is 0.493 e. The summed E-state index contributed by atoms with van der Waals surface area (Å²) in [6, 6.07) is 9.29. The van der Waals surface area contributed by atoms with E-state index in [-0.39, 0.29) is 5.69 Å². The number of benzene rings is 1. The highest BCUT2D eigenvalue weighted by Gasteiger charge is 2.10. The molecule has 2 rings (SSSR count). The second-order valence-electron chi connectivity index (χ2n) is 4.71. The van der Waals surface area contributed by atoms with Crippen LogP contribution in [0, 0.1) is 0 Å². The predicted octanol–water partition coefficient (Wildman–Crippen LogP) is 2.40. The van der Waals surface area contributed by atoms with E-state index in [1.165, 1.54) is 11.6 Å². The van der Waals surface area contributed by atoms with E-state index in [1.807, 2.05) is 24.3 Å². The molecular weight excluding hydrogens is 282 g/mol. The number of anilines is 1. The van der Waals surface area contributed by atoms with Gasteiger partial charge in [-0.15, -0.1) is 0 Å². The molecule has 0 amide bonds. The van der Waals surface area contributed by atoms with Gasteiger partial charge in [0.2, 0.25) is 0 Å². The molecule has 0 radical (unpaired) electrons. The summed E-state index contributed by atoms with van der Waals surface area (Å²) < 4.78 is 5.64. The number of nitrogens with zero attached hydrogens (tertiary/aromatic N) is 2. The van der Waals surface area contributed by atoms with Crippen LogP contribution in [0.2, 0.25) is 0 Å². The van der Waals surface area contributed by atoms with Gasteiger partial charge < -0.3 is 15.2 Å². The number of aromatic nitrogens is 2. The molecule has 0 aliphatic rings. The van der Waals surface area contributed by atoms with E-state index < -0.39 is 5.97 Å². The molecule has 1 heterocycles. The molecule has 0 aliphatic heterocycles. The normalized spacial score (nSPS) is 10.3. The van der Waals surface area contributed by atoms with Gasteiger partial charge >= 0.3 is 5.97 Å². The maximum absolute atomic E-state index is 11.0. The van der Waals surface area contributed by atoms with Crippen LogP contribution in [-0.4, -0.2) is 34.7 Å². The highest BCUT2D eigenvalue weighted by atomic mass is 16.5. The van der Waals surface area contributed by atoms with Gasteiger partial charge in [-0.05, 0) is 24.1 Å². The zero-order valence-corrected chi connectivity index (χ0v) is 12.7. The van der Waals surface area contributed by atoms with Crippen molar-refractivity contribution in [2.24, 2.45) is 0 Å². The fraction of sp³-hybridized carbons (Fsp3) is 0.312. The first kappa shape index (κ1) is 15.8. The minimum Gasteiger partial charge on any atom is -0.493 e. The van der Waals surface area contributed by atoms with Crippen molar-refractivity contribution in [3.8, 4) is 5.75 Å². The number of rotatable bonds is 7. The molecule has 116 valence electrons. The van der Waals surface area contributed by atoms with Crippen LogP contribution in [0.5, 0.6) is 5.75 Å². The van der Waals surface area contributed by atoms with Gasteiger partial charge in [0, 0.05) is 19.5 Å². The lowest BCUT2D eigenvalue weighted by molar-refractivity contribution is 0.0690. The summed E-state index contributed by atoms with van der Waals surface area (Å²) in [6.07, 6.45) is 1.42. The molecule has 6 nitrogen and oxygen atoms in total. The zero-order chi connectivity index (χ0) is 15.9. The number of hydrogen-bond acceptors (Lipinski definition) is 5. The van der Waals surface area contributed by atoms with Crippen LogP contribution in [0.4, 0.5) is 5.82 Å². The first-order valence-corrected chi connectivity index (χ1v) is 7.13. The van der Waals surface area contributed by atoms with Gasteiger partial charge in [-0.3, -0.25) is 0 Å². The summed E-state index contributed by atoms with van der Waals surface area (Å²) in [7, 11) is 1.68. The fourth-order valence-electron chi connectivity index (χ4n) is 1.93. The number of aromatic carboxylic acids is 1. The standard InChI is InChI=1S/C16H19N3O3/c1-3-11-4-6-12(7-5-11)22-9-8-14-18-13(16(20)21)10-15(17-2)19-14/h4-7,10H,3,8-9H2,1-2H3,(H,20,21)(H,17,18,19). The molecule has 1 aromatic carbocycles. The Morgan fingerprint density at radius 3 is 2.59 bits per heavy atom. The van der Waals surface area contributed by atoms with Crippen molar-refractivity contribution < 1.29 is 14.6 Å². The third kappa shape index (κ3) is 4.18. The Morgan fingerprint density at radius 1 is 1.27 bits per heavy atom. The minimum atomic E-state index is -1.07. The average Bonchev–Trinajstić information content (AvgIpc) is 2.55. The first-order chi connectivity index (χ1) is 10.6. The molecule has 0 bridgehead atoms. The highest BCUT2D eigenvalue weighted by molar-refractivity contribution is 5.86. The molecule has 1 aromatic heterocycles. The minimum absolute atomic E-state index is 0.0263. The van der Waals surface area contributed by atoms with Gasteiger partial charge in [0.05, 0.1) is 6.61 Å². The second-order valence-corrected chi connectivity index (χ2v) is 4.71. The van der Waals surface area contributed by atoms with Crippen molar-refractivity contribution in [2.45, 2.75) is 19.8 Å². The van der Waals surface area contributed by atoms with E-state index in [0.29, 0.717) is 24.7 Å². The molecule has 6 heteroatoms. The molecule has 2 N–H and O–H groups in total. The lowest BCUT2D eigenvalue weighted by atomic mass is 10.2. The highest BCUT2D eigenvalue weighted by Crippen LogP contribution is 2.13. The Kier molecular flexibility index (Phi) is 5.30. The van der Waals surface area contributed by atoms with Crippen molar-refractivity contribution in [1.82, 2.24) is 9.97 Å². The molecule has 0 atom stereocenters. The van der Waals surface area contributed by atoms with Crippen molar-refractivity contribution in [2.75, 3.05) is 19.0 Å². The van der Waals surface area contributed by atoms with Gasteiger partial charge in [-0.2, -0.15) is 0 Å². The monoisotopic (exact) mass is 301 g/mol. The third-order valence-electron chi connectivity index (χ3n) is 3.17. The molecule has 0 saturated heterocycles. The van der Waals surface area contributed by atoms with Crippen LogP contribution in [0.1, 0.15) is 28.8 Å². The van der Waals surface area contributed by atoms with E-state index in [0.717, 1.165) is 12.2 Å². The number of carboxylic acids is 1. The van der Waals surface area contributed by atoms with Gasteiger partial charge in [-0.25, -0.2) is 14.8 Å². The van der Waals surface area contributed by atoms with Gasteiger partial charge in [0.1, 0.15) is 17.4 Å². The number of aryl methyl sites for hydroxylation is 1. The van der Waals surface area contributed by atoms with Crippen molar-refractivity contribution in [3.63, 3.8) is 0 Å². The van der Waals surface area contributed by atoms with Crippen LogP contribution in [0.3, 0.4) is 0 Å². The van der Waals surface area contributed by atoms with E-state index in [9.17, 15) is 4.79 Å². The Balaban J connectivity index is 1.98. The summed E-state index contributed by atoms with van der Waals surface area (Å²) in [5, 5.41) is 11.9. The maximum Gasteiger partial charge on any atom is 0.354 e. The summed E-state index contributed by atoms with van der Waals surface area (Å²) in [6.45, 7) is 2.49. The van der Waals surface area contributed by atoms with Crippen LogP contribution >= 0.6 is 0 Å². The molecule has 0 saturated carbocycles. The van der Waals surface area contributed by atoms with E-state index in [4.69, 9.17) is 9.84 Å². The molecule has 0 spiro atoms. The van der Waals surface area contributed by atoms with E-state index in [2.05, 4.69) is 22.2 Å². The molecule has 0 fully saturated rings. The number of hydrogen-bond donors (Lipinski definition) is 2. The second kappa shape index (κ2) is 7.40. The van der Waals surface area contributed by atoms with Gasteiger partial charge in [0.25, 0.3) is 0 Å². The van der Waals surface area contributed by atoms with Crippen molar-refractivity contribution in [3.05, 3.63) is 47.4 Å². The molecule has 0 unspecified atom stereocenters.